The molecule has 0 spiro atoms. The molecular formula is C20H32N2O5. The third-order valence-corrected chi connectivity index (χ3v) is 3.56. The SMILES string of the molecule is COC(=O)[C@H](Cc1ccc(OCCCN(C)C)cc1)NC(=O)OC(C)(C)C. The number of hydrogen-bond acceptors (Lipinski definition) is 6. The van der Waals surface area contributed by atoms with Gasteiger partial charge in [-0.05, 0) is 59.0 Å². The zero-order chi connectivity index (χ0) is 20.4. The summed E-state index contributed by atoms with van der Waals surface area (Å²) in [6, 6.07) is 6.62. The third kappa shape index (κ3) is 9.84. The maximum absolute atomic E-state index is 12.0. The van der Waals surface area contributed by atoms with Crippen LogP contribution in [-0.2, 0) is 20.7 Å². The monoisotopic (exact) mass is 380 g/mol. The molecule has 1 N–H and O–H groups in total. The van der Waals surface area contributed by atoms with Crippen molar-refractivity contribution in [1.82, 2.24) is 10.2 Å². The van der Waals surface area contributed by atoms with Crippen LogP contribution in [0.4, 0.5) is 4.79 Å². The van der Waals surface area contributed by atoms with Crippen LogP contribution in [0.3, 0.4) is 0 Å². The van der Waals surface area contributed by atoms with Crippen molar-refractivity contribution in [3.05, 3.63) is 29.8 Å². The Morgan fingerprint density at radius 3 is 2.30 bits per heavy atom. The van der Waals surface area contributed by atoms with Crippen LogP contribution in [0.2, 0.25) is 0 Å². The maximum atomic E-state index is 12.0. The standard InChI is InChI=1S/C20H32N2O5/c1-20(2,3)27-19(24)21-17(18(23)25-6)14-15-8-10-16(11-9-15)26-13-7-12-22(4)5/h8-11,17H,7,12-14H2,1-6H3,(H,21,24)/t17-/m0/s1. The fourth-order valence-corrected chi connectivity index (χ4v) is 2.31. The van der Waals surface area contributed by atoms with Crippen LogP contribution in [0.1, 0.15) is 32.8 Å². The van der Waals surface area contributed by atoms with Gasteiger partial charge in [-0.15, -0.1) is 0 Å². The Balaban J connectivity index is 2.62. The summed E-state index contributed by atoms with van der Waals surface area (Å²) in [6.07, 6.45) is 0.588. The summed E-state index contributed by atoms with van der Waals surface area (Å²) in [5.41, 5.74) is 0.234. The largest absolute Gasteiger partial charge is 0.494 e. The Kier molecular flexibility index (Phi) is 9.08. The molecule has 7 nitrogen and oxygen atoms in total. The lowest BCUT2D eigenvalue weighted by Crippen LogP contribution is -2.45. The first-order valence-corrected chi connectivity index (χ1v) is 9.04. The van der Waals surface area contributed by atoms with E-state index in [2.05, 4.69) is 10.2 Å². The van der Waals surface area contributed by atoms with Crippen molar-refractivity contribution in [1.29, 1.82) is 0 Å². The second-order valence-electron chi connectivity index (χ2n) is 7.58. The molecule has 0 aliphatic rings. The lowest BCUT2D eigenvalue weighted by molar-refractivity contribution is -0.143. The molecule has 1 aromatic rings. The van der Waals surface area contributed by atoms with Crippen LogP contribution < -0.4 is 10.1 Å². The molecule has 0 fully saturated rings. The molecule has 0 saturated carbocycles. The van der Waals surface area contributed by atoms with Gasteiger partial charge in [0.1, 0.15) is 17.4 Å². The number of carbonyl (C=O) groups is 2. The van der Waals surface area contributed by atoms with Crippen LogP contribution >= 0.6 is 0 Å². The van der Waals surface area contributed by atoms with E-state index in [0.29, 0.717) is 13.0 Å². The average Bonchev–Trinajstić information content (AvgIpc) is 2.57. The molecule has 0 bridgehead atoms. The molecule has 0 aromatic heterocycles. The zero-order valence-corrected chi connectivity index (χ0v) is 17.2. The van der Waals surface area contributed by atoms with Gasteiger partial charge in [-0.25, -0.2) is 9.59 Å². The molecule has 1 rings (SSSR count). The van der Waals surface area contributed by atoms with Crippen molar-refractivity contribution in [2.24, 2.45) is 0 Å². The number of methoxy groups -OCH3 is 1. The Hall–Kier alpha value is -2.28. The Morgan fingerprint density at radius 1 is 1.15 bits per heavy atom. The van der Waals surface area contributed by atoms with Crippen LogP contribution in [0.5, 0.6) is 5.75 Å². The number of hydrogen-bond donors (Lipinski definition) is 1. The first-order valence-electron chi connectivity index (χ1n) is 9.04. The van der Waals surface area contributed by atoms with E-state index in [4.69, 9.17) is 14.2 Å². The highest BCUT2D eigenvalue weighted by Crippen LogP contribution is 2.15. The van der Waals surface area contributed by atoms with Gasteiger partial charge in [-0.3, -0.25) is 0 Å². The van der Waals surface area contributed by atoms with E-state index in [1.54, 1.807) is 20.8 Å². The summed E-state index contributed by atoms with van der Waals surface area (Å²) < 4.78 is 15.7. The van der Waals surface area contributed by atoms with Gasteiger partial charge in [0.15, 0.2) is 0 Å². The summed E-state index contributed by atoms with van der Waals surface area (Å²) >= 11 is 0. The second-order valence-corrected chi connectivity index (χ2v) is 7.58. The number of alkyl carbamates (subject to hydrolysis) is 1. The van der Waals surface area contributed by atoms with E-state index in [-0.39, 0.29) is 0 Å². The lowest BCUT2D eigenvalue weighted by Gasteiger charge is -2.22. The molecule has 152 valence electrons. The normalized spacial score (nSPS) is 12.4. The molecule has 0 saturated heterocycles. The molecule has 0 aliphatic carbocycles. The van der Waals surface area contributed by atoms with Gasteiger partial charge in [-0.1, -0.05) is 12.1 Å². The minimum absolute atomic E-state index is 0.298. The van der Waals surface area contributed by atoms with E-state index in [9.17, 15) is 9.59 Å². The summed E-state index contributed by atoms with van der Waals surface area (Å²) in [4.78, 5) is 26.1. The second kappa shape index (κ2) is 10.8. The first-order chi connectivity index (χ1) is 12.6. The van der Waals surface area contributed by atoms with E-state index in [0.717, 1.165) is 24.3 Å². The first kappa shape index (κ1) is 22.8. The molecule has 0 heterocycles. The average molecular weight is 380 g/mol. The molecule has 1 aromatic carbocycles. The quantitative estimate of drug-likeness (QED) is 0.524. The van der Waals surface area contributed by atoms with Crippen LogP contribution in [0.15, 0.2) is 24.3 Å². The van der Waals surface area contributed by atoms with E-state index in [1.807, 2.05) is 38.4 Å². The Labute approximate surface area is 162 Å². The number of esters is 1. The molecule has 0 aliphatic heterocycles. The highest BCUT2D eigenvalue weighted by atomic mass is 16.6. The molecule has 0 radical (unpaired) electrons. The van der Waals surface area contributed by atoms with Crippen LogP contribution in [0, 0.1) is 0 Å². The van der Waals surface area contributed by atoms with Gasteiger partial charge in [0.2, 0.25) is 0 Å². The summed E-state index contributed by atoms with van der Waals surface area (Å²) in [5.74, 6) is 0.247. The number of rotatable bonds is 9. The van der Waals surface area contributed by atoms with Crippen molar-refractivity contribution >= 4 is 12.1 Å². The van der Waals surface area contributed by atoms with Gasteiger partial charge in [-0.2, -0.15) is 0 Å². The fourth-order valence-electron chi connectivity index (χ4n) is 2.31. The molecule has 1 amide bonds. The Bertz CT molecular complexity index is 593. The Morgan fingerprint density at radius 2 is 1.78 bits per heavy atom. The number of nitrogens with zero attached hydrogens (tertiary/aromatic N) is 1. The molecule has 27 heavy (non-hydrogen) atoms. The van der Waals surface area contributed by atoms with Crippen LogP contribution in [0.25, 0.3) is 0 Å². The highest BCUT2D eigenvalue weighted by molar-refractivity contribution is 5.81. The fraction of sp³-hybridized carbons (Fsp3) is 0.600. The highest BCUT2D eigenvalue weighted by Gasteiger charge is 2.25. The minimum Gasteiger partial charge on any atom is -0.494 e. The lowest BCUT2D eigenvalue weighted by atomic mass is 10.1. The summed E-state index contributed by atoms with van der Waals surface area (Å²) in [5, 5.41) is 2.57. The number of amides is 1. The predicted octanol–water partition coefficient (Wildman–Crippen LogP) is 2.63. The van der Waals surface area contributed by atoms with Gasteiger partial charge < -0.3 is 24.4 Å². The maximum Gasteiger partial charge on any atom is 0.408 e. The number of carbonyl (C=O) groups excluding carboxylic acids is 2. The van der Waals surface area contributed by atoms with Crippen molar-refractivity contribution in [3.63, 3.8) is 0 Å². The van der Waals surface area contributed by atoms with Gasteiger partial charge in [0, 0.05) is 13.0 Å². The van der Waals surface area contributed by atoms with Crippen LogP contribution in [-0.4, -0.2) is 63.0 Å². The van der Waals surface area contributed by atoms with Gasteiger partial charge >= 0.3 is 12.1 Å². The van der Waals surface area contributed by atoms with E-state index in [1.165, 1.54) is 7.11 Å². The van der Waals surface area contributed by atoms with Crippen molar-refractivity contribution in [2.45, 2.75) is 45.3 Å². The zero-order valence-electron chi connectivity index (χ0n) is 17.2. The van der Waals surface area contributed by atoms with Crippen molar-refractivity contribution in [2.75, 3.05) is 34.4 Å². The predicted molar refractivity (Wildman–Crippen MR) is 104 cm³/mol. The summed E-state index contributed by atoms with van der Waals surface area (Å²) in [7, 11) is 5.34. The third-order valence-electron chi connectivity index (χ3n) is 3.56. The van der Waals surface area contributed by atoms with E-state index < -0.39 is 23.7 Å². The molecule has 1 atom stereocenters. The number of nitrogens with one attached hydrogen (secondary N) is 1. The smallest absolute Gasteiger partial charge is 0.408 e. The van der Waals surface area contributed by atoms with Crippen molar-refractivity contribution < 1.29 is 23.8 Å². The number of benzene rings is 1. The number of ether oxygens (including phenoxy) is 3. The van der Waals surface area contributed by atoms with E-state index >= 15 is 0 Å². The van der Waals surface area contributed by atoms with Crippen molar-refractivity contribution in [3.8, 4) is 5.75 Å². The van der Waals surface area contributed by atoms with Gasteiger partial charge in [0.05, 0.1) is 13.7 Å². The topological polar surface area (TPSA) is 77.1 Å². The molecule has 7 heteroatoms. The van der Waals surface area contributed by atoms with Gasteiger partial charge in [0.25, 0.3) is 0 Å². The molecule has 0 unspecified atom stereocenters. The minimum atomic E-state index is -0.822. The summed E-state index contributed by atoms with van der Waals surface area (Å²) in [6.45, 7) is 6.89. The molecular weight excluding hydrogens is 348 g/mol.